The molecule has 4 nitrogen and oxygen atoms in total. The Morgan fingerprint density at radius 1 is 1.35 bits per heavy atom. The minimum atomic E-state index is -0.817. The summed E-state index contributed by atoms with van der Waals surface area (Å²) >= 11 is 0. The van der Waals surface area contributed by atoms with Crippen LogP contribution in [-0.4, -0.2) is 31.8 Å². The van der Waals surface area contributed by atoms with Crippen LogP contribution in [-0.2, 0) is 22.4 Å². The SMILES string of the molecule is CCNC(C)(COc1ccc2c(c1)CCC2)C(=O)OC. The Bertz CT molecular complexity index is 487. The number of ether oxygens (including phenoxy) is 2. The van der Waals surface area contributed by atoms with E-state index in [1.165, 1.54) is 24.7 Å². The quantitative estimate of drug-likeness (QED) is 0.809. The van der Waals surface area contributed by atoms with Crippen LogP contribution in [0.3, 0.4) is 0 Å². The minimum absolute atomic E-state index is 0.256. The third kappa shape index (κ3) is 3.12. The molecule has 0 heterocycles. The van der Waals surface area contributed by atoms with E-state index in [0.29, 0.717) is 6.54 Å². The molecule has 0 radical (unpaired) electrons. The summed E-state index contributed by atoms with van der Waals surface area (Å²) in [5, 5.41) is 3.13. The fourth-order valence-corrected chi connectivity index (χ4v) is 2.66. The van der Waals surface area contributed by atoms with Crippen LogP contribution in [0.15, 0.2) is 18.2 Å². The molecule has 0 fully saturated rings. The number of benzene rings is 1. The number of likely N-dealkylation sites (N-methyl/N-ethyl adjacent to an activating group) is 1. The van der Waals surface area contributed by atoms with Gasteiger partial charge in [-0.1, -0.05) is 13.0 Å². The maximum atomic E-state index is 11.9. The summed E-state index contributed by atoms with van der Waals surface area (Å²) in [4.78, 5) is 11.9. The first-order valence-corrected chi connectivity index (χ1v) is 7.17. The standard InChI is InChI=1S/C16H23NO3/c1-4-17-16(2,15(18)19-3)11-20-14-9-8-12-6-5-7-13(12)10-14/h8-10,17H,4-7,11H2,1-3H3. The van der Waals surface area contributed by atoms with Crippen molar-refractivity contribution in [1.29, 1.82) is 0 Å². The summed E-state index contributed by atoms with van der Waals surface area (Å²) < 4.78 is 10.7. The number of rotatable bonds is 6. The van der Waals surface area contributed by atoms with Crippen LogP contribution in [0, 0.1) is 0 Å². The molecule has 0 saturated heterocycles. The first-order chi connectivity index (χ1) is 9.59. The molecule has 1 atom stereocenters. The lowest BCUT2D eigenvalue weighted by Gasteiger charge is -2.27. The number of nitrogens with one attached hydrogen (secondary N) is 1. The summed E-state index contributed by atoms with van der Waals surface area (Å²) in [5.41, 5.74) is 1.97. The Balaban J connectivity index is 2.04. The van der Waals surface area contributed by atoms with Crippen LogP contribution in [0.2, 0.25) is 0 Å². The zero-order valence-electron chi connectivity index (χ0n) is 12.5. The van der Waals surface area contributed by atoms with Crippen molar-refractivity contribution in [3.63, 3.8) is 0 Å². The molecule has 1 aliphatic carbocycles. The number of methoxy groups -OCH3 is 1. The highest BCUT2D eigenvalue weighted by molar-refractivity contribution is 5.80. The molecule has 20 heavy (non-hydrogen) atoms. The third-order valence-corrected chi connectivity index (χ3v) is 3.80. The molecular weight excluding hydrogens is 254 g/mol. The summed E-state index contributed by atoms with van der Waals surface area (Å²) in [6, 6.07) is 6.19. The monoisotopic (exact) mass is 277 g/mol. The van der Waals surface area contributed by atoms with Crippen LogP contribution >= 0.6 is 0 Å². The lowest BCUT2D eigenvalue weighted by molar-refractivity contribution is -0.149. The molecule has 0 amide bonds. The van der Waals surface area contributed by atoms with Crippen molar-refractivity contribution >= 4 is 5.97 Å². The van der Waals surface area contributed by atoms with Crippen molar-refractivity contribution in [2.24, 2.45) is 0 Å². The zero-order chi connectivity index (χ0) is 14.6. The second-order valence-electron chi connectivity index (χ2n) is 5.43. The van der Waals surface area contributed by atoms with Crippen molar-refractivity contribution < 1.29 is 14.3 Å². The maximum absolute atomic E-state index is 11.9. The first-order valence-electron chi connectivity index (χ1n) is 7.17. The summed E-state index contributed by atoms with van der Waals surface area (Å²) in [6.45, 7) is 4.69. The molecule has 0 bridgehead atoms. The predicted molar refractivity (Wildman–Crippen MR) is 78.1 cm³/mol. The topological polar surface area (TPSA) is 47.6 Å². The van der Waals surface area contributed by atoms with Crippen LogP contribution in [0.4, 0.5) is 0 Å². The summed E-state index contributed by atoms with van der Waals surface area (Å²) in [5.74, 6) is 0.513. The maximum Gasteiger partial charge on any atom is 0.329 e. The zero-order valence-corrected chi connectivity index (χ0v) is 12.5. The normalized spacial score (nSPS) is 16.4. The van der Waals surface area contributed by atoms with Crippen LogP contribution in [0.1, 0.15) is 31.4 Å². The Hall–Kier alpha value is -1.55. The molecule has 1 unspecified atom stereocenters. The highest BCUT2D eigenvalue weighted by atomic mass is 16.5. The summed E-state index contributed by atoms with van der Waals surface area (Å²) in [6.07, 6.45) is 3.50. The van der Waals surface area contributed by atoms with E-state index in [2.05, 4.69) is 17.4 Å². The molecule has 0 saturated carbocycles. The number of carbonyl (C=O) groups excluding carboxylic acids is 1. The van der Waals surface area contributed by atoms with E-state index >= 15 is 0 Å². The fraction of sp³-hybridized carbons (Fsp3) is 0.562. The van der Waals surface area contributed by atoms with Crippen molar-refractivity contribution in [2.75, 3.05) is 20.3 Å². The van der Waals surface area contributed by atoms with Gasteiger partial charge in [-0.2, -0.15) is 0 Å². The molecule has 110 valence electrons. The van der Waals surface area contributed by atoms with E-state index < -0.39 is 5.54 Å². The first kappa shape index (κ1) is 14.9. The van der Waals surface area contributed by atoms with Crippen LogP contribution < -0.4 is 10.1 Å². The van der Waals surface area contributed by atoms with Gasteiger partial charge in [0.25, 0.3) is 0 Å². The van der Waals surface area contributed by atoms with Gasteiger partial charge in [0.15, 0.2) is 0 Å². The Kier molecular flexibility index (Phi) is 4.65. The van der Waals surface area contributed by atoms with Crippen LogP contribution in [0.5, 0.6) is 5.75 Å². The molecular formula is C16H23NO3. The van der Waals surface area contributed by atoms with Crippen LogP contribution in [0.25, 0.3) is 0 Å². The van der Waals surface area contributed by atoms with Gasteiger partial charge in [-0.3, -0.25) is 5.32 Å². The predicted octanol–water partition coefficient (Wildman–Crippen LogP) is 2.10. The van der Waals surface area contributed by atoms with Gasteiger partial charge in [-0.25, -0.2) is 4.79 Å². The van der Waals surface area contributed by atoms with E-state index in [1.54, 1.807) is 6.92 Å². The third-order valence-electron chi connectivity index (χ3n) is 3.80. The lowest BCUT2D eigenvalue weighted by Crippen LogP contribution is -2.54. The molecule has 0 aliphatic heterocycles. The number of esters is 1. The highest BCUT2D eigenvalue weighted by Crippen LogP contribution is 2.26. The Labute approximate surface area is 120 Å². The second-order valence-corrected chi connectivity index (χ2v) is 5.43. The fourth-order valence-electron chi connectivity index (χ4n) is 2.66. The van der Waals surface area contributed by atoms with Gasteiger partial charge in [-0.05, 0) is 56.0 Å². The number of hydrogen-bond acceptors (Lipinski definition) is 4. The van der Waals surface area contributed by atoms with E-state index in [-0.39, 0.29) is 12.6 Å². The van der Waals surface area contributed by atoms with Crippen molar-refractivity contribution in [1.82, 2.24) is 5.32 Å². The van der Waals surface area contributed by atoms with Gasteiger partial charge in [-0.15, -0.1) is 0 Å². The molecule has 0 spiro atoms. The van der Waals surface area contributed by atoms with E-state index in [0.717, 1.165) is 18.6 Å². The van der Waals surface area contributed by atoms with Crippen molar-refractivity contribution in [3.05, 3.63) is 29.3 Å². The number of fused-ring (bicyclic) bond motifs is 1. The Morgan fingerprint density at radius 2 is 2.10 bits per heavy atom. The molecule has 4 heteroatoms. The molecule has 1 N–H and O–H groups in total. The number of aryl methyl sites for hydroxylation is 2. The van der Waals surface area contributed by atoms with E-state index in [1.807, 2.05) is 13.0 Å². The molecule has 2 rings (SSSR count). The van der Waals surface area contributed by atoms with Gasteiger partial charge in [0.1, 0.15) is 17.9 Å². The smallest absolute Gasteiger partial charge is 0.329 e. The van der Waals surface area contributed by atoms with Gasteiger partial charge < -0.3 is 9.47 Å². The highest BCUT2D eigenvalue weighted by Gasteiger charge is 2.34. The molecule has 1 aromatic rings. The minimum Gasteiger partial charge on any atom is -0.491 e. The number of carbonyl (C=O) groups is 1. The van der Waals surface area contributed by atoms with Gasteiger partial charge in [0, 0.05) is 0 Å². The lowest BCUT2D eigenvalue weighted by atomic mass is 10.0. The summed E-state index contributed by atoms with van der Waals surface area (Å²) in [7, 11) is 1.40. The average molecular weight is 277 g/mol. The number of hydrogen-bond donors (Lipinski definition) is 1. The Morgan fingerprint density at radius 3 is 2.80 bits per heavy atom. The molecule has 0 aromatic heterocycles. The van der Waals surface area contributed by atoms with Crippen molar-refractivity contribution in [2.45, 2.75) is 38.6 Å². The van der Waals surface area contributed by atoms with Gasteiger partial charge in [0.2, 0.25) is 0 Å². The van der Waals surface area contributed by atoms with E-state index in [9.17, 15) is 4.79 Å². The van der Waals surface area contributed by atoms with Crippen molar-refractivity contribution in [3.8, 4) is 5.75 Å². The van der Waals surface area contributed by atoms with Gasteiger partial charge >= 0.3 is 5.97 Å². The average Bonchev–Trinajstić information content (AvgIpc) is 2.92. The van der Waals surface area contributed by atoms with Gasteiger partial charge in [0.05, 0.1) is 7.11 Å². The van der Waals surface area contributed by atoms with E-state index in [4.69, 9.17) is 9.47 Å². The largest absolute Gasteiger partial charge is 0.491 e. The molecule has 1 aromatic carbocycles. The second kappa shape index (κ2) is 6.27. The molecule has 1 aliphatic rings.